The number of piperidine rings is 1. The number of nitrogens with one attached hydrogen (secondary N) is 2. The molecular formula is C28H32N4O2. The van der Waals surface area contributed by atoms with Gasteiger partial charge in [-0.1, -0.05) is 31.2 Å². The van der Waals surface area contributed by atoms with E-state index in [1.807, 2.05) is 36.5 Å². The Hall–Kier alpha value is -3.35. The number of aliphatic hydroxyl groups is 1. The lowest BCUT2D eigenvalue weighted by atomic mass is 10.1. The van der Waals surface area contributed by atoms with Gasteiger partial charge in [0.15, 0.2) is 6.23 Å². The van der Waals surface area contributed by atoms with E-state index >= 15 is 0 Å². The van der Waals surface area contributed by atoms with E-state index in [1.54, 1.807) is 0 Å². The summed E-state index contributed by atoms with van der Waals surface area (Å²) in [5.41, 5.74) is 4.45. The summed E-state index contributed by atoms with van der Waals surface area (Å²) in [4.78, 5) is 4.50. The Kier molecular flexibility index (Phi) is 6.52. The number of nitrogens with zero attached hydrogens (tertiary/aromatic N) is 2. The highest BCUT2D eigenvalue weighted by Gasteiger charge is 2.15. The zero-order valence-corrected chi connectivity index (χ0v) is 19.8. The largest absolute Gasteiger partial charge is 0.490 e. The van der Waals surface area contributed by atoms with Gasteiger partial charge in [-0.25, -0.2) is 4.98 Å². The van der Waals surface area contributed by atoms with Gasteiger partial charge in [-0.15, -0.1) is 0 Å². The molecule has 0 saturated carbocycles. The molecule has 2 aromatic heterocycles. The topological polar surface area (TPSA) is 71.3 Å². The molecule has 3 heterocycles. The van der Waals surface area contributed by atoms with Crippen LogP contribution in [0.1, 0.15) is 37.1 Å². The third-order valence-corrected chi connectivity index (χ3v) is 6.56. The van der Waals surface area contributed by atoms with Gasteiger partial charge in [0.05, 0.1) is 0 Å². The molecule has 4 aromatic rings. The maximum atomic E-state index is 10.8. The summed E-state index contributed by atoms with van der Waals surface area (Å²) >= 11 is 0. The maximum absolute atomic E-state index is 10.8. The summed E-state index contributed by atoms with van der Waals surface area (Å²) in [5, 5.41) is 19.4. The van der Waals surface area contributed by atoms with Crippen LogP contribution in [0.2, 0.25) is 0 Å². The molecule has 6 heteroatoms. The van der Waals surface area contributed by atoms with Crippen molar-refractivity contribution in [2.75, 3.05) is 18.4 Å². The smallest absolute Gasteiger partial charge is 0.151 e. The summed E-state index contributed by atoms with van der Waals surface area (Å²) in [6.45, 7) is 4.16. The van der Waals surface area contributed by atoms with Crippen molar-refractivity contribution >= 4 is 16.6 Å². The Balaban J connectivity index is 1.30. The average molecular weight is 457 g/mol. The zero-order chi connectivity index (χ0) is 23.5. The number of anilines is 1. The fourth-order valence-corrected chi connectivity index (χ4v) is 4.55. The highest BCUT2D eigenvalue weighted by molar-refractivity contribution is 5.88. The van der Waals surface area contributed by atoms with Crippen LogP contribution in [0.4, 0.5) is 5.82 Å². The van der Waals surface area contributed by atoms with Gasteiger partial charge in [0, 0.05) is 36.1 Å². The molecule has 0 bridgehead atoms. The molecule has 5 rings (SSSR count). The predicted molar refractivity (Wildman–Crippen MR) is 137 cm³/mol. The third-order valence-electron chi connectivity index (χ3n) is 6.56. The molecule has 0 spiro atoms. The first-order valence-electron chi connectivity index (χ1n) is 12.1. The maximum Gasteiger partial charge on any atom is 0.151 e. The normalized spacial score (nSPS) is 15.4. The van der Waals surface area contributed by atoms with Gasteiger partial charge in [-0.05, 0) is 79.2 Å². The quantitative estimate of drug-likeness (QED) is 0.340. The number of ether oxygens (including phenoxy) is 1. The van der Waals surface area contributed by atoms with Gasteiger partial charge < -0.3 is 25.0 Å². The van der Waals surface area contributed by atoms with E-state index in [4.69, 9.17) is 4.74 Å². The molecule has 0 aliphatic carbocycles. The fourth-order valence-electron chi connectivity index (χ4n) is 4.55. The van der Waals surface area contributed by atoms with Crippen molar-refractivity contribution in [2.24, 2.45) is 7.05 Å². The summed E-state index contributed by atoms with van der Waals surface area (Å²) in [6.07, 6.45) is 6.47. The Morgan fingerprint density at radius 1 is 1.09 bits per heavy atom. The molecule has 0 amide bonds. The van der Waals surface area contributed by atoms with Crippen LogP contribution in [-0.2, 0) is 13.5 Å². The summed E-state index contributed by atoms with van der Waals surface area (Å²) in [5.74, 6) is 1.47. The van der Waals surface area contributed by atoms with Crippen molar-refractivity contribution in [1.29, 1.82) is 0 Å². The minimum atomic E-state index is -0.860. The van der Waals surface area contributed by atoms with E-state index in [0.29, 0.717) is 5.82 Å². The van der Waals surface area contributed by atoms with Crippen LogP contribution in [0.25, 0.3) is 22.0 Å². The molecule has 1 fully saturated rings. The first-order chi connectivity index (χ1) is 16.6. The number of aromatic nitrogens is 2. The predicted octanol–water partition coefficient (Wildman–Crippen LogP) is 5.04. The first kappa shape index (κ1) is 22.4. The van der Waals surface area contributed by atoms with Gasteiger partial charge >= 0.3 is 0 Å². The number of hydrogen-bond acceptors (Lipinski definition) is 5. The van der Waals surface area contributed by atoms with E-state index < -0.39 is 6.23 Å². The summed E-state index contributed by atoms with van der Waals surface area (Å²) in [7, 11) is 2.08. The highest BCUT2D eigenvalue weighted by atomic mass is 16.5. The Morgan fingerprint density at radius 3 is 2.62 bits per heavy atom. The number of rotatable bonds is 7. The number of hydrogen-bond donors (Lipinski definition) is 3. The summed E-state index contributed by atoms with van der Waals surface area (Å²) in [6, 6.07) is 18.3. The molecule has 34 heavy (non-hydrogen) atoms. The van der Waals surface area contributed by atoms with Gasteiger partial charge in [-0.2, -0.15) is 0 Å². The molecule has 2 aromatic carbocycles. The number of pyridine rings is 1. The van der Waals surface area contributed by atoms with E-state index in [1.165, 1.54) is 11.3 Å². The molecule has 1 saturated heterocycles. The zero-order valence-electron chi connectivity index (χ0n) is 19.8. The van der Waals surface area contributed by atoms with E-state index in [-0.39, 0.29) is 6.10 Å². The van der Waals surface area contributed by atoms with Crippen LogP contribution in [0.15, 0.2) is 67.0 Å². The molecule has 3 N–H and O–H groups in total. The number of fused-ring (bicyclic) bond motifs is 1. The lowest BCUT2D eigenvalue weighted by Gasteiger charge is -2.24. The van der Waals surface area contributed by atoms with Crippen LogP contribution in [0.3, 0.4) is 0 Å². The van der Waals surface area contributed by atoms with Gasteiger partial charge in [0.1, 0.15) is 17.7 Å². The molecule has 1 aliphatic rings. The van der Waals surface area contributed by atoms with Gasteiger partial charge in [0.25, 0.3) is 0 Å². The first-order valence-corrected chi connectivity index (χ1v) is 12.1. The Bertz CT molecular complexity index is 1260. The number of aliphatic hydroxyl groups excluding tert-OH is 1. The van der Waals surface area contributed by atoms with Crippen LogP contribution < -0.4 is 15.4 Å². The van der Waals surface area contributed by atoms with Crippen LogP contribution in [0.5, 0.6) is 5.75 Å². The van der Waals surface area contributed by atoms with Crippen LogP contribution in [0, 0.1) is 0 Å². The minimum Gasteiger partial charge on any atom is -0.490 e. The van der Waals surface area contributed by atoms with E-state index in [2.05, 4.69) is 64.6 Å². The molecular weight excluding hydrogens is 424 g/mol. The highest BCUT2D eigenvalue weighted by Crippen LogP contribution is 2.28. The van der Waals surface area contributed by atoms with Crippen molar-refractivity contribution in [3.8, 4) is 17.0 Å². The Morgan fingerprint density at radius 2 is 1.88 bits per heavy atom. The second-order valence-corrected chi connectivity index (χ2v) is 9.01. The number of benzene rings is 2. The molecule has 1 aliphatic heterocycles. The van der Waals surface area contributed by atoms with E-state index in [0.717, 1.165) is 60.0 Å². The monoisotopic (exact) mass is 456 g/mol. The van der Waals surface area contributed by atoms with Gasteiger partial charge in [0.2, 0.25) is 0 Å². The molecule has 1 unspecified atom stereocenters. The average Bonchev–Trinajstić information content (AvgIpc) is 3.25. The van der Waals surface area contributed by atoms with Crippen molar-refractivity contribution in [3.63, 3.8) is 0 Å². The van der Waals surface area contributed by atoms with Crippen LogP contribution in [-0.4, -0.2) is 33.9 Å². The van der Waals surface area contributed by atoms with Crippen molar-refractivity contribution in [2.45, 2.75) is 38.5 Å². The van der Waals surface area contributed by atoms with Crippen molar-refractivity contribution in [1.82, 2.24) is 14.9 Å². The van der Waals surface area contributed by atoms with Crippen molar-refractivity contribution in [3.05, 3.63) is 78.1 Å². The molecule has 0 radical (unpaired) electrons. The summed E-state index contributed by atoms with van der Waals surface area (Å²) < 4.78 is 8.23. The lowest BCUT2D eigenvalue weighted by Crippen LogP contribution is -2.34. The second-order valence-electron chi connectivity index (χ2n) is 9.01. The minimum absolute atomic E-state index is 0.256. The third kappa shape index (κ3) is 4.93. The molecule has 176 valence electrons. The standard InChI is InChI=1S/C28H32N4O2/c1-3-19-14-26(32(2)18-19)21-4-5-22-17-30-27(16-23(22)15-21)31-28(33)20-6-8-24(9-7-20)34-25-10-12-29-13-11-25/h4-9,14-18,25,28-29,33H,3,10-13H2,1-2H3,(H,30,31). The molecule has 1 atom stereocenters. The Labute approximate surface area is 200 Å². The van der Waals surface area contributed by atoms with Crippen LogP contribution >= 0.6 is 0 Å². The lowest BCUT2D eigenvalue weighted by molar-refractivity contribution is 0.162. The van der Waals surface area contributed by atoms with E-state index in [9.17, 15) is 5.11 Å². The van der Waals surface area contributed by atoms with Crippen molar-refractivity contribution < 1.29 is 9.84 Å². The number of aryl methyl sites for hydroxylation is 2. The van der Waals surface area contributed by atoms with Gasteiger partial charge in [-0.3, -0.25) is 0 Å². The second kappa shape index (κ2) is 9.87. The fraction of sp³-hybridized carbons (Fsp3) is 0.321. The molecule has 6 nitrogen and oxygen atoms in total. The SMILES string of the molecule is CCc1cc(-c2ccc3cnc(NC(O)c4ccc(OC5CCNCC5)cc4)cc3c2)n(C)c1.